The van der Waals surface area contributed by atoms with Crippen molar-refractivity contribution in [2.75, 3.05) is 13.4 Å². The standard InChI is InChI=1S/C16H14N4O5S2/c1-3-23-13(21)6-20-9-4-10-11(25-7-24-10)5-12(9)26-16(20)17-15(22)14-8(2)18-19-27-14/h4-5H,3,6-7H2,1-2H3. The van der Waals surface area contributed by atoms with Gasteiger partial charge < -0.3 is 18.8 Å². The Kier molecular flexibility index (Phi) is 4.62. The molecule has 2 aromatic heterocycles. The summed E-state index contributed by atoms with van der Waals surface area (Å²) in [7, 11) is 0. The Bertz CT molecular complexity index is 1110. The Labute approximate surface area is 161 Å². The largest absolute Gasteiger partial charge is 0.465 e. The minimum atomic E-state index is -0.452. The lowest BCUT2D eigenvalue weighted by Crippen LogP contribution is -2.23. The highest BCUT2D eigenvalue weighted by Gasteiger charge is 2.20. The van der Waals surface area contributed by atoms with E-state index in [1.165, 1.54) is 11.3 Å². The molecule has 11 heteroatoms. The third-order valence-corrected chi connectivity index (χ3v) is 5.67. The first kappa shape index (κ1) is 17.6. The van der Waals surface area contributed by atoms with E-state index in [4.69, 9.17) is 14.2 Å². The van der Waals surface area contributed by atoms with E-state index in [2.05, 4.69) is 14.6 Å². The zero-order chi connectivity index (χ0) is 19.0. The van der Waals surface area contributed by atoms with Crippen LogP contribution in [-0.2, 0) is 16.1 Å². The van der Waals surface area contributed by atoms with Crippen molar-refractivity contribution in [1.82, 2.24) is 14.2 Å². The summed E-state index contributed by atoms with van der Waals surface area (Å²) in [6, 6.07) is 3.59. The minimum Gasteiger partial charge on any atom is -0.465 e. The van der Waals surface area contributed by atoms with Gasteiger partial charge in [0.2, 0.25) is 6.79 Å². The van der Waals surface area contributed by atoms with Gasteiger partial charge in [-0.25, -0.2) is 0 Å². The van der Waals surface area contributed by atoms with Gasteiger partial charge >= 0.3 is 5.97 Å². The van der Waals surface area contributed by atoms with Gasteiger partial charge in [0.15, 0.2) is 16.3 Å². The number of amides is 1. The molecule has 9 nitrogen and oxygen atoms in total. The molecular formula is C16H14N4O5S2. The third-order valence-electron chi connectivity index (χ3n) is 3.81. The van der Waals surface area contributed by atoms with Crippen molar-refractivity contribution >= 4 is 45.0 Å². The molecule has 3 heterocycles. The van der Waals surface area contributed by atoms with Crippen molar-refractivity contribution in [2.24, 2.45) is 4.99 Å². The van der Waals surface area contributed by atoms with E-state index >= 15 is 0 Å². The smallest absolute Gasteiger partial charge is 0.326 e. The van der Waals surface area contributed by atoms with Crippen LogP contribution >= 0.6 is 22.9 Å². The number of hydrogen-bond acceptors (Lipinski definition) is 9. The zero-order valence-electron chi connectivity index (χ0n) is 14.4. The van der Waals surface area contributed by atoms with Gasteiger partial charge in [0.05, 0.1) is 22.5 Å². The summed E-state index contributed by atoms with van der Waals surface area (Å²) in [5.74, 6) is 0.330. The van der Waals surface area contributed by atoms with Crippen LogP contribution in [0.5, 0.6) is 11.5 Å². The fourth-order valence-corrected chi connectivity index (χ4v) is 4.18. The summed E-state index contributed by atoms with van der Waals surface area (Å²) in [6.45, 7) is 3.78. The number of carbonyl (C=O) groups is 2. The van der Waals surface area contributed by atoms with Crippen molar-refractivity contribution in [3.05, 3.63) is 27.5 Å². The number of nitrogens with zero attached hydrogens (tertiary/aromatic N) is 4. The van der Waals surface area contributed by atoms with Crippen molar-refractivity contribution < 1.29 is 23.8 Å². The van der Waals surface area contributed by atoms with Crippen molar-refractivity contribution in [1.29, 1.82) is 0 Å². The molecule has 0 atom stereocenters. The Hall–Kier alpha value is -2.79. The van der Waals surface area contributed by atoms with Crippen LogP contribution in [0.3, 0.4) is 0 Å². The molecular weight excluding hydrogens is 392 g/mol. The van der Waals surface area contributed by atoms with Gasteiger partial charge in [0, 0.05) is 12.1 Å². The number of hydrogen-bond donors (Lipinski definition) is 0. The van der Waals surface area contributed by atoms with E-state index < -0.39 is 11.9 Å². The number of esters is 1. The van der Waals surface area contributed by atoms with Crippen LogP contribution in [0.25, 0.3) is 10.2 Å². The van der Waals surface area contributed by atoms with Gasteiger partial charge in [-0.1, -0.05) is 15.8 Å². The van der Waals surface area contributed by atoms with Gasteiger partial charge in [-0.15, -0.1) is 5.10 Å². The number of fused-ring (bicyclic) bond motifs is 2. The molecule has 140 valence electrons. The second-order valence-corrected chi connectivity index (χ2v) is 7.32. The number of aromatic nitrogens is 3. The SMILES string of the molecule is CCOC(=O)Cn1c(=NC(=O)c2snnc2C)sc2cc3c(cc21)OCO3. The maximum absolute atomic E-state index is 12.5. The lowest BCUT2D eigenvalue weighted by atomic mass is 10.3. The molecule has 4 rings (SSSR count). The Morgan fingerprint density at radius 3 is 2.81 bits per heavy atom. The Balaban J connectivity index is 1.85. The topological polar surface area (TPSA) is 105 Å². The van der Waals surface area contributed by atoms with Crippen LogP contribution in [0.4, 0.5) is 0 Å². The molecule has 0 fully saturated rings. The summed E-state index contributed by atoms with van der Waals surface area (Å²) in [5.41, 5.74) is 1.23. The molecule has 0 aliphatic carbocycles. The number of benzene rings is 1. The highest BCUT2D eigenvalue weighted by Crippen LogP contribution is 2.37. The van der Waals surface area contributed by atoms with Crippen LogP contribution in [-0.4, -0.2) is 39.4 Å². The monoisotopic (exact) mass is 406 g/mol. The van der Waals surface area contributed by atoms with E-state index in [1.807, 2.05) is 6.07 Å². The average Bonchev–Trinajstić information content (AvgIpc) is 3.33. The van der Waals surface area contributed by atoms with Crippen LogP contribution < -0.4 is 14.3 Å². The maximum atomic E-state index is 12.5. The van der Waals surface area contributed by atoms with Gasteiger partial charge in [-0.05, 0) is 25.4 Å². The molecule has 1 aliphatic heterocycles. The first-order chi connectivity index (χ1) is 13.1. The second kappa shape index (κ2) is 7.08. The minimum absolute atomic E-state index is 0.0699. The van der Waals surface area contributed by atoms with E-state index in [0.717, 1.165) is 16.2 Å². The van der Waals surface area contributed by atoms with Gasteiger partial charge in [0.25, 0.3) is 5.91 Å². The number of ether oxygens (including phenoxy) is 3. The van der Waals surface area contributed by atoms with Crippen molar-refractivity contribution in [3.8, 4) is 11.5 Å². The van der Waals surface area contributed by atoms with Crippen molar-refractivity contribution in [3.63, 3.8) is 0 Å². The highest BCUT2D eigenvalue weighted by atomic mass is 32.1. The fraction of sp³-hybridized carbons (Fsp3) is 0.312. The molecule has 0 radical (unpaired) electrons. The molecule has 3 aromatic rings. The van der Waals surface area contributed by atoms with Gasteiger partial charge in [0.1, 0.15) is 11.4 Å². The highest BCUT2D eigenvalue weighted by molar-refractivity contribution is 7.16. The summed E-state index contributed by atoms with van der Waals surface area (Å²) in [4.78, 5) is 29.5. The summed E-state index contributed by atoms with van der Waals surface area (Å²) in [6.07, 6.45) is 0. The van der Waals surface area contributed by atoms with Crippen molar-refractivity contribution in [2.45, 2.75) is 20.4 Å². The Morgan fingerprint density at radius 1 is 1.33 bits per heavy atom. The number of aryl methyl sites for hydroxylation is 1. The van der Waals surface area contributed by atoms with Crippen LogP contribution in [0.15, 0.2) is 17.1 Å². The summed E-state index contributed by atoms with van der Waals surface area (Å²) in [5, 5.41) is 3.84. The van der Waals surface area contributed by atoms with E-state index in [1.54, 1.807) is 24.5 Å². The quantitative estimate of drug-likeness (QED) is 0.609. The molecule has 0 spiro atoms. The predicted octanol–water partition coefficient (Wildman–Crippen LogP) is 1.90. The molecule has 1 aromatic carbocycles. The summed E-state index contributed by atoms with van der Waals surface area (Å²) < 4.78 is 22.1. The van der Waals surface area contributed by atoms with E-state index in [-0.39, 0.29) is 19.9 Å². The molecule has 0 saturated heterocycles. The molecule has 0 bridgehead atoms. The first-order valence-electron chi connectivity index (χ1n) is 8.03. The normalized spacial score (nSPS) is 13.3. The average molecular weight is 406 g/mol. The van der Waals surface area contributed by atoms with Crippen LogP contribution in [0.2, 0.25) is 0 Å². The third kappa shape index (κ3) is 3.30. The van der Waals surface area contributed by atoms with Gasteiger partial charge in [-0.2, -0.15) is 4.99 Å². The summed E-state index contributed by atoms with van der Waals surface area (Å²) >= 11 is 2.27. The number of rotatable bonds is 4. The lowest BCUT2D eigenvalue weighted by Gasteiger charge is -2.05. The zero-order valence-corrected chi connectivity index (χ0v) is 16.1. The Morgan fingerprint density at radius 2 is 2.11 bits per heavy atom. The molecule has 0 saturated carbocycles. The van der Waals surface area contributed by atoms with E-state index in [9.17, 15) is 9.59 Å². The molecule has 27 heavy (non-hydrogen) atoms. The van der Waals surface area contributed by atoms with E-state index in [0.29, 0.717) is 32.4 Å². The first-order valence-corrected chi connectivity index (χ1v) is 9.62. The fourth-order valence-electron chi connectivity index (χ4n) is 2.60. The number of carbonyl (C=O) groups excluding carboxylic acids is 2. The van der Waals surface area contributed by atoms with Gasteiger partial charge in [-0.3, -0.25) is 9.59 Å². The molecule has 1 amide bonds. The molecule has 0 unspecified atom stereocenters. The number of thiazole rings is 1. The lowest BCUT2D eigenvalue weighted by molar-refractivity contribution is -0.143. The molecule has 1 aliphatic rings. The van der Waals surface area contributed by atoms with Crippen LogP contribution in [0, 0.1) is 6.92 Å². The maximum Gasteiger partial charge on any atom is 0.326 e. The second-order valence-electron chi connectivity index (χ2n) is 5.55. The predicted molar refractivity (Wildman–Crippen MR) is 97.1 cm³/mol. The molecule has 0 N–H and O–H groups in total. The van der Waals surface area contributed by atoms with Crippen LogP contribution in [0.1, 0.15) is 22.3 Å².